The molecule has 0 unspecified atom stereocenters. The van der Waals surface area contributed by atoms with Crippen LogP contribution in [0.15, 0.2) is 30.5 Å². The second-order valence-electron chi connectivity index (χ2n) is 4.93. The monoisotopic (exact) mass is 291 g/mol. The number of ketones is 1. The zero-order valence-corrected chi connectivity index (χ0v) is 11.6. The third kappa shape index (κ3) is 2.25. The maximum Gasteiger partial charge on any atom is 0.294 e. The van der Waals surface area contributed by atoms with Crippen LogP contribution >= 0.6 is 11.6 Å². The van der Waals surface area contributed by atoms with Gasteiger partial charge in [-0.15, -0.1) is 0 Å². The average Bonchev–Trinajstić information content (AvgIpc) is 2.86. The number of hydrogen-bond acceptors (Lipinski definition) is 3. The minimum Gasteiger partial charge on any atom is -0.381 e. The van der Waals surface area contributed by atoms with Crippen molar-refractivity contribution in [1.29, 1.82) is 0 Å². The predicted octanol–water partition coefficient (Wildman–Crippen LogP) is 2.78. The van der Waals surface area contributed by atoms with Gasteiger partial charge in [0.25, 0.3) is 11.0 Å². The molecule has 2 aromatic heterocycles. The van der Waals surface area contributed by atoms with Crippen molar-refractivity contribution < 1.29 is 14.3 Å². The van der Waals surface area contributed by atoms with Gasteiger partial charge in [0.1, 0.15) is 5.69 Å². The zero-order valence-electron chi connectivity index (χ0n) is 10.8. The summed E-state index contributed by atoms with van der Waals surface area (Å²) >= 11 is 5.40. The molecule has 1 fully saturated rings. The highest BCUT2D eigenvalue weighted by Gasteiger charge is 2.27. The van der Waals surface area contributed by atoms with Gasteiger partial charge in [-0.2, -0.15) is 0 Å². The summed E-state index contributed by atoms with van der Waals surface area (Å²) in [7, 11) is 0. The van der Waals surface area contributed by atoms with Crippen LogP contribution in [0.4, 0.5) is 0 Å². The van der Waals surface area contributed by atoms with E-state index in [4.69, 9.17) is 16.3 Å². The standard InChI is InChI=1S/C15H14ClNO3/c16-15(19)14(18)13-12(10-4-7-20-8-5-10)9-11-3-1-2-6-17(11)13/h1-3,6,9-10H,4-5,7-8H2. The third-order valence-corrected chi connectivity index (χ3v) is 3.94. The fourth-order valence-electron chi connectivity index (χ4n) is 2.80. The summed E-state index contributed by atoms with van der Waals surface area (Å²) < 4.78 is 7.10. The highest BCUT2D eigenvalue weighted by atomic mass is 35.5. The van der Waals surface area contributed by atoms with Gasteiger partial charge in [0.15, 0.2) is 0 Å². The van der Waals surface area contributed by atoms with Gasteiger partial charge in [0.05, 0.1) is 0 Å². The Morgan fingerprint density at radius 2 is 2.00 bits per heavy atom. The fourth-order valence-corrected chi connectivity index (χ4v) is 2.89. The molecule has 0 spiro atoms. The Kier molecular flexibility index (Phi) is 3.59. The molecule has 104 valence electrons. The highest BCUT2D eigenvalue weighted by molar-refractivity contribution is 6.83. The first-order valence-electron chi connectivity index (χ1n) is 6.60. The van der Waals surface area contributed by atoms with E-state index in [0.29, 0.717) is 18.9 Å². The topological polar surface area (TPSA) is 47.8 Å². The van der Waals surface area contributed by atoms with E-state index in [2.05, 4.69) is 0 Å². The lowest BCUT2D eigenvalue weighted by atomic mass is 9.91. The summed E-state index contributed by atoms with van der Waals surface area (Å²) in [4.78, 5) is 23.4. The van der Waals surface area contributed by atoms with Crippen LogP contribution in [-0.4, -0.2) is 28.6 Å². The number of ether oxygens (including phenoxy) is 1. The van der Waals surface area contributed by atoms with Crippen LogP contribution in [0.3, 0.4) is 0 Å². The van der Waals surface area contributed by atoms with E-state index in [1.54, 1.807) is 10.6 Å². The number of pyridine rings is 1. The van der Waals surface area contributed by atoms with Crippen molar-refractivity contribution in [3.8, 4) is 0 Å². The molecule has 0 N–H and O–H groups in total. The van der Waals surface area contributed by atoms with Crippen LogP contribution in [0.25, 0.3) is 5.52 Å². The van der Waals surface area contributed by atoms with Gasteiger partial charge in [0.2, 0.25) is 0 Å². The molecule has 0 aliphatic carbocycles. The zero-order chi connectivity index (χ0) is 14.1. The van der Waals surface area contributed by atoms with E-state index in [9.17, 15) is 9.59 Å². The summed E-state index contributed by atoms with van der Waals surface area (Å²) in [6.45, 7) is 1.36. The molecule has 3 rings (SSSR count). The van der Waals surface area contributed by atoms with Crippen LogP contribution in [0.2, 0.25) is 0 Å². The number of Topliss-reactive ketones (excluding diaryl/α,β-unsaturated/α-hetero) is 1. The minimum atomic E-state index is -0.942. The number of rotatable bonds is 3. The average molecular weight is 292 g/mol. The normalized spacial score (nSPS) is 16.4. The lowest BCUT2D eigenvalue weighted by Gasteiger charge is -2.22. The van der Waals surface area contributed by atoms with Gasteiger partial charge in [-0.25, -0.2) is 0 Å². The fraction of sp³-hybridized carbons (Fsp3) is 0.333. The molecule has 0 amide bonds. The third-order valence-electron chi connectivity index (χ3n) is 3.76. The second kappa shape index (κ2) is 5.38. The van der Waals surface area contributed by atoms with E-state index in [-0.39, 0.29) is 5.92 Å². The van der Waals surface area contributed by atoms with Crippen LogP contribution in [-0.2, 0) is 9.53 Å². The Balaban J connectivity index is 2.16. The summed E-state index contributed by atoms with van der Waals surface area (Å²) in [5.41, 5.74) is 2.20. The molecule has 0 aromatic carbocycles. The second-order valence-corrected chi connectivity index (χ2v) is 5.28. The van der Waals surface area contributed by atoms with Gasteiger partial charge in [-0.3, -0.25) is 9.59 Å². The number of carbonyl (C=O) groups is 2. The Hall–Kier alpha value is -1.65. The van der Waals surface area contributed by atoms with Crippen molar-refractivity contribution in [3.05, 3.63) is 41.7 Å². The molecule has 0 bridgehead atoms. The number of aromatic nitrogens is 1. The van der Waals surface area contributed by atoms with E-state index in [1.165, 1.54) is 0 Å². The van der Waals surface area contributed by atoms with Gasteiger partial charge in [0, 0.05) is 24.9 Å². The number of hydrogen-bond donors (Lipinski definition) is 0. The Bertz CT molecular complexity index is 671. The Morgan fingerprint density at radius 1 is 1.25 bits per heavy atom. The SMILES string of the molecule is O=C(Cl)C(=O)c1c(C2CCOCC2)cc2ccccn12. The van der Waals surface area contributed by atoms with E-state index < -0.39 is 11.0 Å². The van der Waals surface area contributed by atoms with Crippen LogP contribution in [0.1, 0.15) is 34.8 Å². The van der Waals surface area contributed by atoms with Gasteiger partial charge in [-0.05, 0) is 54.1 Å². The van der Waals surface area contributed by atoms with E-state index in [0.717, 1.165) is 23.9 Å². The maximum absolute atomic E-state index is 12.1. The molecular weight excluding hydrogens is 278 g/mol. The first-order chi connectivity index (χ1) is 9.68. The minimum absolute atomic E-state index is 0.235. The van der Waals surface area contributed by atoms with Gasteiger partial charge >= 0.3 is 0 Å². The molecule has 1 aliphatic rings. The van der Waals surface area contributed by atoms with Crippen LogP contribution < -0.4 is 0 Å². The van der Waals surface area contributed by atoms with Crippen molar-refractivity contribution in [3.63, 3.8) is 0 Å². The largest absolute Gasteiger partial charge is 0.381 e. The number of fused-ring (bicyclic) bond motifs is 1. The Morgan fingerprint density at radius 3 is 2.70 bits per heavy atom. The number of nitrogens with zero attached hydrogens (tertiary/aromatic N) is 1. The molecular formula is C15H14ClNO3. The lowest BCUT2D eigenvalue weighted by molar-refractivity contribution is -0.108. The van der Waals surface area contributed by atoms with Gasteiger partial charge in [-0.1, -0.05) is 6.07 Å². The maximum atomic E-state index is 12.1. The molecule has 4 nitrogen and oxygen atoms in total. The van der Waals surface area contributed by atoms with E-state index in [1.807, 2.05) is 24.3 Å². The molecule has 3 heterocycles. The molecule has 5 heteroatoms. The van der Waals surface area contributed by atoms with Crippen LogP contribution in [0.5, 0.6) is 0 Å². The molecule has 0 atom stereocenters. The smallest absolute Gasteiger partial charge is 0.294 e. The predicted molar refractivity (Wildman–Crippen MR) is 75.4 cm³/mol. The van der Waals surface area contributed by atoms with Crippen molar-refractivity contribution in [1.82, 2.24) is 4.40 Å². The molecule has 0 radical (unpaired) electrons. The van der Waals surface area contributed by atoms with Crippen LogP contribution in [0, 0.1) is 0 Å². The summed E-state index contributed by atoms with van der Waals surface area (Å²) in [6.07, 6.45) is 3.49. The quantitative estimate of drug-likeness (QED) is 0.496. The number of halogens is 1. The summed E-state index contributed by atoms with van der Waals surface area (Å²) in [5, 5.41) is -0.942. The highest BCUT2D eigenvalue weighted by Crippen LogP contribution is 2.32. The van der Waals surface area contributed by atoms with Crippen molar-refractivity contribution in [2.45, 2.75) is 18.8 Å². The molecule has 0 saturated carbocycles. The first kappa shape index (κ1) is 13.3. The van der Waals surface area contributed by atoms with Crippen molar-refractivity contribution in [2.24, 2.45) is 0 Å². The first-order valence-corrected chi connectivity index (χ1v) is 6.98. The van der Waals surface area contributed by atoms with E-state index >= 15 is 0 Å². The summed E-state index contributed by atoms with van der Waals surface area (Å²) in [6, 6.07) is 7.62. The molecule has 20 heavy (non-hydrogen) atoms. The molecule has 1 aliphatic heterocycles. The molecule has 2 aromatic rings. The van der Waals surface area contributed by atoms with Crippen molar-refractivity contribution >= 4 is 28.1 Å². The lowest BCUT2D eigenvalue weighted by Crippen LogP contribution is -2.18. The van der Waals surface area contributed by atoms with Crippen molar-refractivity contribution in [2.75, 3.05) is 13.2 Å². The molecule has 1 saturated heterocycles. The summed E-state index contributed by atoms with van der Waals surface area (Å²) in [5.74, 6) is -0.405. The van der Waals surface area contributed by atoms with Gasteiger partial charge < -0.3 is 9.14 Å². The Labute approximate surface area is 121 Å². The number of carbonyl (C=O) groups excluding carboxylic acids is 2.